The van der Waals surface area contributed by atoms with Gasteiger partial charge in [0, 0.05) is 24.3 Å². The van der Waals surface area contributed by atoms with Crippen LogP contribution in [0.3, 0.4) is 0 Å². The number of carbonyl (C=O) groups excluding carboxylic acids is 1. The molecule has 0 fully saturated rings. The largest absolute Gasteiger partial charge is 0.507 e. The topological polar surface area (TPSA) is 67.2 Å². The Labute approximate surface area is 103 Å². The van der Waals surface area contributed by atoms with Gasteiger partial charge in [-0.1, -0.05) is 11.6 Å². The number of phenolic OH excluding ortho intramolecular Hbond substituents is 1. The number of rotatable bonds is 2. The number of phenols is 1. The minimum absolute atomic E-state index is 0.114. The summed E-state index contributed by atoms with van der Waals surface area (Å²) in [6.45, 7) is 0. The minimum Gasteiger partial charge on any atom is -0.507 e. The van der Waals surface area contributed by atoms with E-state index in [9.17, 15) is 9.90 Å². The van der Waals surface area contributed by atoms with Crippen molar-refractivity contribution in [2.24, 2.45) is 7.05 Å². The molecule has 2 aromatic rings. The summed E-state index contributed by atoms with van der Waals surface area (Å²) in [5, 5.41) is 16.5. The quantitative estimate of drug-likeness (QED) is 0.858. The molecule has 0 spiro atoms. The summed E-state index contributed by atoms with van der Waals surface area (Å²) in [7, 11) is 1.74. The number of nitrogens with one attached hydrogen (secondary N) is 1. The number of aromatic nitrogens is 2. The monoisotopic (exact) mass is 251 g/mol. The third-order valence-corrected chi connectivity index (χ3v) is 2.39. The third kappa shape index (κ3) is 2.57. The van der Waals surface area contributed by atoms with Crippen LogP contribution in [0.2, 0.25) is 5.02 Å². The molecule has 0 bridgehead atoms. The maximum Gasteiger partial charge on any atom is 0.260 e. The predicted molar refractivity (Wildman–Crippen MR) is 64.3 cm³/mol. The summed E-state index contributed by atoms with van der Waals surface area (Å²) in [5.74, 6) is -0.164. The van der Waals surface area contributed by atoms with E-state index in [4.69, 9.17) is 11.6 Å². The lowest BCUT2D eigenvalue weighted by Crippen LogP contribution is -2.12. The summed E-state index contributed by atoms with van der Waals surface area (Å²) >= 11 is 5.76. The van der Waals surface area contributed by atoms with E-state index < -0.39 is 5.91 Å². The fraction of sp³-hybridized carbons (Fsp3) is 0.0909. The van der Waals surface area contributed by atoms with Crippen LogP contribution in [-0.2, 0) is 7.05 Å². The standard InChI is InChI=1S/C11H10ClN3O2/c1-15-5-4-10(14-15)13-11(17)8-6-7(12)2-3-9(8)16/h2-6,16H,1H3,(H,13,14,17). The Morgan fingerprint density at radius 3 is 2.88 bits per heavy atom. The van der Waals surface area contributed by atoms with Crippen molar-refractivity contribution in [3.8, 4) is 5.75 Å². The summed E-state index contributed by atoms with van der Waals surface area (Å²) < 4.78 is 1.56. The maximum atomic E-state index is 11.8. The Hall–Kier alpha value is -2.01. The molecule has 0 aliphatic carbocycles. The second-order valence-electron chi connectivity index (χ2n) is 3.49. The molecule has 2 N–H and O–H groups in total. The fourth-order valence-corrected chi connectivity index (χ4v) is 1.53. The number of halogens is 1. The van der Waals surface area contributed by atoms with E-state index in [0.29, 0.717) is 10.8 Å². The molecule has 0 aliphatic rings. The zero-order chi connectivity index (χ0) is 12.4. The minimum atomic E-state index is -0.455. The summed E-state index contributed by atoms with van der Waals surface area (Å²) in [4.78, 5) is 11.8. The van der Waals surface area contributed by atoms with Crippen LogP contribution in [0.4, 0.5) is 5.82 Å². The first-order valence-corrected chi connectivity index (χ1v) is 5.23. The number of nitrogens with zero attached hydrogens (tertiary/aromatic N) is 2. The van der Waals surface area contributed by atoms with Crippen molar-refractivity contribution in [3.05, 3.63) is 41.0 Å². The lowest BCUT2D eigenvalue weighted by molar-refractivity contribution is 0.102. The highest BCUT2D eigenvalue weighted by Gasteiger charge is 2.12. The van der Waals surface area contributed by atoms with E-state index in [0.717, 1.165) is 0 Å². The summed E-state index contributed by atoms with van der Waals surface area (Å²) in [5.41, 5.74) is 0.114. The fourth-order valence-electron chi connectivity index (χ4n) is 1.36. The second-order valence-corrected chi connectivity index (χ2v) is 3.93. The molecule has 17 heavy (non-hydrogen) atoms. The molecule has 1 aromatic carbocycles. The van der Waals surface area contributed by atoms with Crippen LogP contribution in [0.15, 0.2) is 30.5 Å². The first kappa shape index (κ1) is 11.5. The SMILES string of the molecule is Cn1ccc(NC(=O)c2cc(Cl)ccc2O)n1. The van der Waals surface area contributed by atoms with Gasteiger partial charge in [-0.2, -0.15) is 5.10 Å². The number of amides is 1. The highest BCUT2D eigenvalue weighted by Crippen LogP contribution is 2.22. The molecule has 0 radical (unpaired) electrons. The first-order chi connectivity index (χ1) is 8.06. The molecular weight excluding hydrogens is 242 g/mol. The van der Waals surface area contributed by atoms with E-state index in [2.05, 4.69) is 10.4 Å². The van der Waals surface area contributed by atoms with Crippen molar-refractivity contribution in [1.82, 2.24) is 9.78 Å². The molecule has 5 nitrogen and oxygen atoms in total. The van der Waals surface area contributed by atoms with Crippen LogP contribution in [0.1, 0.15) is 10.4 Å². The molecule has 0 saturated heterocycles. The number of hydrogen-bond acceptors (Lipinski definition) is 3. The molecule has 0 unspecified atom stereocenters. The van der Waals surface area contributed by atoms with Crippen LogP contribution >= 0.6 is 11.6 Å². The highest BCUT2D eigenvalue weighted by molar-refractivity contribution is 6.31. The number of hydrogen-bond donors (Lipinski definition) is 2. The molecule has 0 saturated carbocycles. The number of anilines is 1. The van der Waals surface area contributed by atoms with Gasteiger partial charge in [-0.3, -0.25) is 9.48 Å². The van der Waals surface area contributed by atoms with E-state index in [-0.39, 0.29) is 11.3 Å². The number of aromatic hydroxyl groups is 1. The van der Waals surface area contributed by atoms with Crippen molar-refractivity contribution >= 4 is 23.3 Å². The lowest BCUT2D eigenvalue weighted by atomic mass is 10.2. The molecule has 1 aromatic heterocycles. The van der Waals surface area contributed by atoms with E-state index in [1.165, 1.54) is 18.2 Å². The first-order valence-electron chi connectivity index (χ1n) is 4.86. The Bertz CT molecular complexity index is 566. The molecule has 0 atom stereocenters. The lowest BCUT2D eigenvalue weighted by Gasteiger charge is -2.04. The Balaban J connectivity index is 2.22. The Morgan fingerprint density at radius 1 is 1.47 bits per heavy atom. The molecule has 1 heterocycles. The van der Waals surface area contributed by atoms with Crippen LogP contribution in [-0.4, -0.2) is 20.8 Å². The maximum absolute atomic E-state index is 11.8. The molecule has 6 heteroatoms. The normalized spacial score (nSPS) is 10.2. The van der Waals surface area contributed by atoms with Crippen LogP contribution in [0.5, 0.6) is 5.75 Å². The molecular formula is C11H10ClN3O2. The number of benzene rings is 1. The van der Waals surface area contributed by atoms with Gasteiger partial charge in [-0.05, 0) is 18.2 Å². The number of carbonyl (C=O) groups is 1. The highest BCUT2D eigenvalue weighted by atomic mass is 35.5. The third-order valence-electron chi connectivity index (χ3n) is 2.16. The summed E-state index contributed by atoms with van der Waals surface area (Å²) in [6.07, 6.45) is 1.70. The molecule has 2 rings (SSSR count). The van der Waals surface area contributed by atoms with Gasteiger partial charge in [0.2, 0.25) is 0 Å². The van der Waals surface area contributed by atoms with Gasteiger partial charge in [0.1, 0.15) is 5.75 Å². The van der Waals surface area contributed by atoms with Crippen molar-refractivity contribution in [2.75, 3.05) is 5.32 Å². The van der Waals surface area contributed by atoms with Gasteiger partial charge >= 0.3 is 0 Å². The predicted octanol–water partition coefficient (Wildman–Crippen LogP) is 2.03. The Morgan fingerprint density at radius 2 is 2.24 bits per heavy atom. The van der Waals surface area contributed by atoms with Crippen LogP contribution in [0, 0.1) is 0 Å². The van der Waals surface area contributed by atoms with Crippen LogP contribution < -0.4 is 5.32 Å². The Kier molecular flexibility index (Phi) is 3.01. The molecule has 1 amide bonds. The van der Waals surface area contributed by atoms with E-state index in [1.807, 2.05) is 0 Å². The summed E-state index contributed by atoms with van der Waals surface area (Å²) in [6, 6.07) is 5.93. The number of aryl methyl sites for hydroxylation is 1. The average Bonchev–Trinajstić information content (AvgIpc) is 2.67. The van der Waals surface area contributed by atoms with Crippen molar-refractivity contribution in [2.45, 2.75) is 0 Å². The van der Waals surface area contributed by atoms with E-state index >= 15 is 0 Å². The van der Waals surface area contributed by atoms with Gasteiger partial charge in [0.05, 0.1) is 5.56 Å². The van der Waals surface area contributed by atoms with Gasteiger partial charge in [0.25, 0.3) is 5.91 Å². The molecule has 0 aliphatic heterocycles. The van der Waals surface area contributed by atoms with Crippen molar-refractivity contribution in [1.29, 1.82) is 0 Å². The van der Waals surface area contributed by atoms with Gasteiger partial charge in [-0.25, -0.2) is 0 Å². The smallest absolute Gasteiger partial charge is 0.260 e. The van der Waals surface area contributed by atoms with Crippen LogP contribution in [0.25, 0.3) is 0 Å². The van der Waals surface area contributed by atoms with Crippen molar-refractivity contribution in [3.63, 3.8) is 0 Å². The average molecular weight is 252 g/mol. The zero-order valence-corrected chi connectivity index (χ0v) is 9.77. The second kappa shape index (κ2) is 4.47. The zero-order valence-electron chi connectivity index (χ0n) is 9.01. The van der Waals surface area contributed by atoms with Gasteiger partial charge < -0.3 is 10.4 Å². The van der Waals surface area contributed by atoms with Gasteiger partial charge in [-0.15, -0.1) is 0 Å². The van der Waals surface area contributed by atoms with Crippen molar-refractivity contribution < 1.29 is 9.90 Å². The molecule has 88 valence electrons. The van der Waals surface area contributed by atoms with E-state index in [1.54, 1.807) is 24.0 Å². The van der Waals surface area contributed by atoms with Gasteiger partial charge in [0.15, 0.2) is 5.82 Å².